The highest BCUT2D eigenvalue weighted by Gasteiger charge is 2.19. The van der Waals surface area contributed by atoms with E-state index in [1.807, 2.05) is 13.0 Å². The second-order valence-electron chi connectivity index (χ2n) is 5.37. The maximum Gasteiger partial charge on any atom is 0.419 e. The van der Waals surface area contributed by atoms with Crippen molar-refractivity contribution in [1.29, 1.82) is 0 Å². The number of ether oxygens (including phenoxy) is 1. The monoisotopic (exact) mass is 348 g/mol. The largest absolute Gasteiger partial charge is 0.495 e. The van der Waals surface area contributed by atoms with Crippen molar-refractivity contribution in [2.75, 3.05) is 11.8 Å². The van der Waals surface area contributed by atoms with E-state index in [1.165, 1.54) is 36.9 Å². The molecule has 0 saturated carbocycles. The summed E-state index contributed by atoms with van der Waals surface area (Å²) in [6.07, 6.45) is 0. The van der Waals surface area contributed by atoms with Crippen molar-refractivity contribution in [3.05, 3.63) is 52.5 Å². The summed E-state index contributed by atoms with van der Waals surface area (Å²) >= 11 is 0. The van der Waals surface area contributed by atoms with Gasteiger partial charge in [-0.05, 0) is 42.8 Å². The first kappa shape index (κ1) is 16.1. The number of aromatic nitrogens is 1. The SMILES string of the molecule is COc1ccc(C)cc1NS(=O)(=O)c1ccc2oc(=O)n(C)c2c1. The smallest absolute Gasteiger partial charge is 0.419 e. The summed E-state index contributed by atoms with van der Waals surface area (Å²) in [6.45, 7) is 1.85. The van der Waals surface area contributed by atoms with Gasteiger partial charge in [-0.3, -0.25) is 9.29 Å². The standard InChI is InChI=1S/C16H16N2O5S/c1-10-4-6-14(22-3)12(8-10)17-24(20,21)11-5-7-15-13(9-11)18(2)16(19)23-15/h4-9,17H,1-3H3. The molecule has 0 atom stereocenters. The van der Waals surface area contributed by atoms with Crippen LogP contribution < -0.4 is 15.2 Å². The average molecular weight is 348 g/mol. The van der Waals surface area contributed by atoms with Crippen molar-refractivity contribution < 1.29 is 17.6 Å². The molecule has 1 heterocycles. The van der Waals surface area contributed by atoms with Gasteiger partial charge in [0, 0.05) is 7.05 Å². The molecule has 8 heteroatoms. The number of oxazole rings is 1. The summed E-state index contributed by atoms with van der Waals surface area (Å²) in [7, 11) is -0.865. The van der Waals surface area contributed by atoms with Gasteiger partial charge in [-0.15, -0.1) is 0 Å². The van der Waals surface area contributed by atoms with E-state index in [0.29, 0.717) is 22.5 Å². The molecule has 24 heavy (non-hydrogen) atoms. The molecule has 0 radical (unpaired) electrons. The topological polar surface area (TPSA) is 90.5 Å². The lowest BCUT2D eigenvalue weighted by atomic mass is 10.2. The van der Waals surface area contributed by atoms with Crippen molar-refractivity contribution in [3.63, 3.8) is 0 Å². The van der Waals surface area contributed by atoms with Crippen LogP contribution in [0.1, 0.15) is 5.56 Å². The van der Waals surface area contributed by atoms with Crippen LogP contribution in [0, 0.1) is 6.92 Å². The van der Waals surface area contributed by atoms with Crippen LogP contribution >= 0.6 is 0 Å². The van der Waals surface area contributed by atoms with E-state index < -0.39 is 15.8 Å². The Balaban J connectivity index is 2.07. The van der Waals surface area contributed by atoms with Gasteiger partial charge in [0.25, 0.3) is 10.0 Å². The molecule has 126 valence electrons. The zero-order valence-corrected chi connectivity index (χ0v) is 14.2. The molecule has 0 aliphatic heterocycles. The highest BCUT2D eigenvalue weighted by molar-refractivity contribution is 7.92. The Kier molecular flexibility index (Phi) is 3.84. The lowest BCUT2D eigenvalue weighted by Crippen LogP contribution is -2.14. The van der Waals surface area contributed by atoms with Crippen LogP contribution in [0.2, 0.25) is 0 Å². The van der Waals surface area contributed by atoms with Crippen molar-refractivity contribution in [2.45, 2.75) is 11.8 Å². The molecule has 0 fully saturated rings. The maximum absolute atomic E-state index is 12.7. The fraction of sp³-hybridized carbons (Fsp3) is 0.188. The molecule has 3 aromatic rings. The van der Waals surface area contributed by atoms with Crippen LogP contribution in [-0.4, -0.2) is 20.1 Å². The molecule has 0 saturated heterocycles. The number of benzene rings is 2. The van der Waals surface area contributed by atoms with Crippen LogP contribution in [0.4, 0.5) is 5.69 Å². The summed E-state index contributed by atoms with van der Waals surface area (Å²) in [6, 6.07) is 9.43. The van der Waals surface area contributed by atoms with Crippen LogP contribution in [0.15, 0.2) is 50.5 Å². The summed E-state index contributed by atoms with van der Waals surface area (Å²) in [5, 5.41) is 0. The predicted octanol–water partition coefficient (Wildman–Crippen LogP) is 2.25. The minimum absolute atomic E-state index is 0.0231. The van der Waals surface area contributed by atoms with Crippen molar-refractivity contribution in [1.82, 2.24) is 4.57 Å². The van der Waals surface area contributed by atoms with Crippen LogP contribution in [0.3, 0.4) is 0 Å². The fourth-order valence-electron chi connectivity index (χ4n) is 2.38. The Morgan fingerprint density at radius 2 is 1.92 bits per heavy atom. The number of sulfonamides is 1. The van der Waals surface area contributed by atoms with Crippen molar-refractivity contribution in [2.24, 2.45) is 7.05 Å². The summed E-state index contributed by atoms with van der Waals surface area (Å²) < 4.78 is 39.3. The first-order valence-electron chi connectivity index (χ1n) is 7.09. The minimum atomic E-state index is -3.85. The van der Waals surface area contributed by atoms with Crippen molar-refractivity contribution >= 4 is 26.8 Å². The first-order chi connectivity index (χ1) is 11.3. The number of nitrogens with zero attached hydrogens (tertiary/aromatic N) is 1. The second-order valence-corrected chi connectivity index (χ2v) is 7.05. The number of hydrogen-bond donors (Lipinski definition) is 1. The van der Waals surface area contributed by atoms with E-state index in [9.17, 15) is 13.2 Å². The Labute approximate surface area is 138 Å². The van der Waals surface area contributed by atoms with E-state index in [2.05, 4.69) is 4.72 Å². The van der Waals surface area contributed by atoms with E-state index >= 15 is 0 Å². The summed E-state index contributed by atoms with van der Waals surface area (Å²) in [5.41, 5.74) is 1.97. The lowest BCUT2D eigenvalue weighted by Gasteiger charge is -2.12. The van der Waals surface area contributed by atoms with Gasteiger partial charge in [0.1, 0.15) is 5.75 Å². The third-order valence-corrected chi connectivity index (χ3v) is 5.04. The Hall–Kier alpha value is -2.74. The molecule has 3 rings (SSSR count). The van der Waals surface area contributed by atoms with Crippen LogP contribution in [-0.2, 0) is 17.1 Å². The molecule has 0 aliphatic carbocycles. The second kappa shape index (κ2) is 5.72. The third kappa shape index (κ3) is 2.76. The quantitative estimate of drug-likeness (QED) is 0.781. The van der Waals surface area contributed by atoms with Crippen LogP contribution in [0.25, 0.3) is 11.1 Å². The molecule has 0 aliphatic rings. The van der Waals surface area contributed by atoms with Gasteiger partial charge in [-0.25, -0.2) is 13.2 Å². The molecular weight excluding hydrogens is 332 g/mol. The highest BCUT2D eigenvalue weighted by Crippen LogP contribution is 2.28. The van der Waals surface area contributed by atoms with Gasteiger partial charge >= 0.3 is 5.76 Å². The number of methoxy groups -OCH3 is 1. The number of nitrogens with one attached hydrogen (secondary N) is 1. The van der Waals surface area contributed by atoms with Gasteiger partial charge < -0.3 is 9.15 Å². The summed E-state index contributed by atoms with van der Waals surface area (Å²) in [4.78, 5) is 11.5. The number of fused-ring (bicyclic) bond motifs is 1. The zero-order chi connectivity index (χ0) is 17.5. The average Bonchev–Trinajstić information content (AvgIpc) is 2.81. The van der Waals surface area contributed by atoms with E-state index in [1.54, 1.807) is 12.1 Å². The molecule has 0 spiro atoms. The number of rotatable bonds is 4. The Morgan fingerprint density at radius 1 is 1.17 bits per heavy atom. The van der Waals surface area contributed by atoms with Gasteiger partial charge in [-0.1, -0.05) is 6.07 Å². The van der Waals surface area contributed by atoms with E-state index in [4.69, 9.17) is 9.15 Å². The maximum atomic E-state index is 12.7. The number of anilines is 1. The highest BCUT2D eigenvalue weighted by atomic mass is 32.2. The normalized spacial score (nSPS) is 11.6. The molecule has 0 amide bonds. The van der Waals surface area contributed by atoms with Gasteiger partial charge in [0.15, 0.2) is 5.58 Å². The van der Waals surface area contributed by atoms with Crippen molar-refractivity contribution in [3.8, 4) is 5.75 Å². The first-order valence-corrected chi connectivity index (χ1v) is 8.57. The molecule has 7 nitrogen and oxygen atoms in total. The van der Waals surface area contributed by atoms with Gasteiger partial charge in [-0.2, -0.15) is 0 Å². The molecule has 2 aromatic carbocycles. The number of aryl methyl sites for hydroxylation is 2. The van der Waals surface area contributed by atoms with Gasteiger partial charge in [0.05, 0.1) is 23.2 Å². The number of hydrogen-bond acceptors (Lipinski definition) is 5. The molecule has 0 bridgehead atoms. The van der Waals surface area contributed by atoms with Crippen LogP contribution in [0.5, 0.6) is 5.75 Å². The molecular formula is C16H16N2O5S. The summed E-state index contributed by atoms with van der Waals surface area (Å²) in [5.74, 6) is -0.131. The minimum Gasteiger partial charge on any atom is -0.495 e. The molecule has 1 N–H and O–H groups in total. The molecule has 1 aromatic heterocycles. The Morgan fingerprint density at radius 3 is 2.62 bits per heavy atom. The zero-order valence-electron chi connectivity index (χ0n) is 13.4. The van der Waals surface area contributed by atoms with E-state index in [0.717, 1.165) is 5.56 Å². The Bertz CT molecular complexity index is 1080. The van der Waals surface area contributed by atoms with E-state index in [-0.39, 0.29) is 4.90 Å². The van der Waals surface area contributed by atoms with Gasteiger partial charge in [0.2, 0.25) is 0 Å². The lowest BCUT2D eigenvalue weighted by molar-refractivity contribution is 0.417. The fourth-order valence-corrected chi connectivity index (χ4v) is 3.46. The predicted molar refractivity (Wildman–Crippen MR) is 90.0 cm³/mol. The third-order valence-electron chi connectivity index (χ3n) is 3.67. The molecule has 0 unspecified atom stereocenters.